The van der Waals surface area contributed by atoms with Crippen molar-refractivity contribution in [1.82, 2.24) is 0 Å². The Hall–Kier alpha value is -0.520. The third kappa shape index (κ3) is 1.72. The highest BCUT2D eigenvalue weighted by atomic mass is 14.4. The van der Waals surface area contributed by atoms with Gasteiger partial charge >= 0.3 is 0 Å². The Labute approximate surface area is 81.7 Å². The second-order valence-electron chi connectivity index (χ2n) is 5.61. The molecule has 0 spiro atoms. The van der Waals surface area contributed by atoms with E-state index in [9.17, 15) is 0 Å². The van der Waals surface area contributed by atoms with Gasteiger partial charge in [0.25, 0.3) is 0 Å². The van der Waals surface area contributed by atoms with Crippen molar-refractivity contribution in [3.8, 4) is 0 Å². The molecular formula is C13H20. The maximum atomic E-state index is 2.38. The number of allylic oxidation sites excluding steroid dienone is 4. The van der Waals surface area contributed by atoms with E-state index in [1.54, 1.807) is 5.57 Å². The summed E-state index contributed by atoms with van der Waals surface area (Å²) in [5.74, 6) is 1.79. The lowest BCUT2D eigenvalue weighted by Crippen LogP contribution is -2.17. The summed E-state index contributed by atoms with van der Waals surface area (Å²) in [6.45, 7) is 7.13. The first-order chi connectivity index (χ1) is 6.07. The first-order valence-electron chi connectivity index (χ1n) is 5.43. The van der Waals surface area contributed by atoms with Crippen LogP contribution in [-0.4, -0.2) is 0 Å². The van der Waals surface area contributed by atoms with Crippen molar-refractivity contribution in [2.45, 2.75) is 40.0 Å². The molecule has 0 saturated heterocycles. The monoisotopic (exact) mass is 176 g/mol. The smallest absolute Gasteiger partial charge is 0.0162 e. The second kappa shape index (κ2) is 3.01. The van der Waals surface area contributed by atoms with Gasteiger partial charge in [-0.25, -0.2) is 0 Å². The van der Waals surface area contributed by atoms with Gasteiger partial charge in [0.2, 0.25) is 0 Å². The Morgan fingerprint density at radius 2 is 2.08 bits per heavy atom. The molecule has 2 rings (SSSR count). The van der Waals surface area contributed by atoms with Crippen LogP contribution in [0.1, 0.15) is 40.0 Å². The van der Waals surface area contributed by atoms with Gasteiger partial charge in [0.15, 0.2) is 0 Å². The molecule has 2 aliphatic carbocycles. The van der Waals surface area contributed by atoms with Crippen molar-refractivity contribution in [2.24, 2.45) is 17.3 Å². The molecule has 1 fully saturated rings. The minimum absolute atomic E-state index is 0.498. The third-order valence-electron chi connectivity index (χ3n) is 3.67. The van der Waals surface area contributed by atoms with E-state index >= 15 is 0 Å². The Morgan fingerprint density at radius 3 is 2.69 bits per heavy atom. The van der Waals surface area contributed by atoms with E-state index in [0.29, 0.717) is 5.41 Å². The molecule has 2 atom stereocenters. The highest BCUT2D eigenvalue weighted by Gasteiger charge is 2.35. The highest BCUT2D eigenvalue weighted by Crippen LogP contribution is 2.47. The van der Waals surface area contributed by atoms with E-state index < -0.39 is 0 Å². The van der Waals surface area contributed by atoms with Gasteiger partial charge in [-0.05, 0) is 36.5 Å². The maximum absolute atomic E-state index is 2.38. The standard InChI is InChI=1S/C13H20/c1-13(2,3)12-8-10-6-4-5-7-11(10)9-12/h4-6,11-12H,7-9H2,1-3H3. The van der Waals surface area contributed by atoms with Gasteiger partial charge in [-0.15, -0.1) is 0 Å². The average Bonchev–Trinajstić information content (AvgIpc) is 2.45. The SMILES string of the molecule is CC(C)(C)C1CC2=CC=CCC2C1. The lowest BCUT2D eigenvalue weighted by molar-refractivity contribution is 0.240. The molecule has 0 aromatic carbocycles. The summed E-state index contributed by atoms with van der Waals surface area (Å²) in [5.41, 5.74) is 2.21. The van der Waals surface area contributed by atoms with Crippen molar-refractivity contribution in [1.29, 1.82) is 0 Å². The van der Waals surface area contributed by atoms with Crippen LogP contribution in [0.5, 0.6) is 0 Å². The summed E-state index contributed by atoms with van der Waals surface area (Å²) in [6.07, 6.45) is 11.0. The first-order valence-corrected chi connectivity index (χ1v) is 5.43. The van der Waals surface area contributed by atoms with Crippen LogP contribution in [0.25, 0.3) is 0 Å². The van der Waals surface area contributed by atoms with Gasteiger partial charge in [0, 0.05) is 0 Å². The zero-order valence-corrected chi connectivity index (χ0v) is 9.01. The number of hydrogen-bond donors (Lipinski definition) is 0. The molecule has 72 valence electrons. The molecule has 0 aromatic rings. The first kappa shape index (κ1) is 9.05. The Balaban J connectivity index is 2.11. The summed E-state index contributed by atoms with van der Waals surface area (Å²) in [7, 11) is 0. The van der Waals surface area contributed by atoms with Gasteiger partial charge in [-0.2, -0.15) is 0 Å². The number of fused-ring (bicyclic) bond motifs is 1. The fourth-order valence-corrected chi connectivity index (χ4v) is 2.58. The van der Waals surface area contributed by atoms with Crippen LogP contribution in [0.2, 0.25) is 0 Å². The Morgan fingerprint density at radius 1 is 1.31 bits per heavy atom. The van der Waals surface area contributed by atoms with E-state index in [2.05, 4.69) is 39.0 Å². The molecule has 13 heavy (non-hydrogen) atoms. The molecule has 0 radical (unpaired) electrons. The largest absolute Gasteiger partial charge is 0.0839 e. The molecule has 0 heterocycles. The van der Waals surface area contributed by atoms with Crippen LogP contribution in [0, 0.1) is 17.3 Å². The molecule has 0 N–H and O–H groups in total. The molecule has 0 bridgehead atoms. The fourth-order valence-electron chi connectivity index (χ4n) is 2.58. The molecule has 2 aliphatic rings. The molecule has 1 saturated carbocycles. The number of hydrogen-bond acceptors (Lipinski definition) is 0. The summed E-state index contributed by atoms with van der Waals surface area (Å²) in [6, 6.07) is 0. The van der Waals surface area contributed by atoms with E-state index in [4.69, 9.17) is 0 Å². The van der Waals surface area contributed by atoms with Gasteiger partial charge in [0.05, 0.1) is 0 Å². The van der Waals surface area contributed by atoms with Crippen molar-refractivity contribution >= 4 is 0 Å². The zero-order valence-electron chi connectivity index (χ0n) is 9.01. The zero-order chi connectivity index (χ0) is 9.47. The second-order valence-corrected chi connectivity index (χ2v) is 5.61. The predicted molar refractivity (Wildman–Crippen MR) is 57.5 cm³/mol. The van der Waals surface area contributed by atoms with Crippen LogP contribution in [0.15, 0.2) is 23.8 Å². The summed E-state index contributed by atoms with van der Waals surface area (Å²) in [5, 5.41) is 0. The summed E-state index contributed by atoms with van der Waals surface area (Å²) < 4.78 is 0. The minimum Gasteiger partial charge on any atom is -0.0839 e. The average molecular weight is 176 g/mol. The lowest BCUT2D eigenvalue weighted by atomic mass is 9.79. The topological polar surface area (TPSA) is 0 Å². The Kier molecular flexibility index (Phi) is 2.09. The quantitative estimate of drug-likeness (QED) is 0.524. The molecule has 0 amide bonds. The van der Waals surface area contributed by atoms with Crippen molar-refractivity contribution in [2.75, 3.05) is 0 Å². The van der Waals surface area contributed by atoms with Crippen LogP contribution < -0.4 is 0 Å². The van der Waals surface area contributed by atoms with E-state index in [1.165, 1.54) is 19.3 Å². The van der Waals surface area contributed by atoms with Crippen LogP contribution in [0.3, 0.4) is 0 Å². The van der Waals surface area contributed by atoms with Crippen molar-refractivity contribution < 1.29 is 0 Å². The molecule has 0 aliphatic heterocycles. The lowest BCUT2D eigenvalue weighted by Gasteiger charge is -2.26. The van der Waals surface area contributed by atoms with Gasteiger partial charge in [-0.3, -0.25) is 0 Å². The van der Waals surface area contributed by atoms with Gasteiger partial charge < -0.3 is 0 Å². The van der Waals surface area contributed by atoms with Gasteiger partial charge in [-0.1, -0.05) is 44.6 Å². The molecule has 0 aromatic heterocycles. The van der Waals surface area contributed by atoms with E-state index in [1.807, 2.05) is 0 Å². The number of rotatable bonds is 0. The summed E-state index contributed by atoms with van der Waals surface area (Å²) >= 11 is 0. The molecule has 0 nitrogen and oxygen atoms in total. The van der Waals surface area contributed by atoms with E-state index in [-0.39, 0.29) is 0 Å². The molecule has 0 heteroatoms. The normalized spacial score (nSPS) is 33.0. The fraction of sp³-hybridized carbons (Fsp3) is 0.692. The van der Waals surface area contributed by atoms with Crippen LogP contribution in [-0.2, 0) is 0 Å². The molecule has 2 unspecified atom stereocenters. The third-order valence-corrected chi connectivity index (χ3v) is 3.67. The minimum atomic E-state index is 0.498. The Bertz CT molecular complexity index is 250. The molecular weight excluding hydrogens is 156 g/mol. The van der Waals surface area contributed by atoms with Crippen LogP contribution >= 0.6 is 0 Å². The maximum Gasteiger partial charge on any atom is -0.0162 e. The van der Waals surface area contributed by atoms with Crippen LogP contribution in [0.4, 0.5) is 0 Å². The van der Waals surface area contributed by atoms with Crippen molar-refractivity contribution in [3.05, 3.63) is 23.8 Å². The van der Waals surface area contributed by atoms with Gasteiger partial charge in [0.1, 0.15) is 0 Å². The van der Waals surface area contributed by atoms with Crippen molar-refractivity contribution in [3.63, 3.8) is 0 Å². The summed E-state index contributed by atoms with van der Waals surface area (Å²) in [4.78, 5) is 0. The highest BCUT2D eigenvalue weighted by molar-refractivity contribution is 5.25. The predicted octanol–water partition coefficient (Wildman–Crippen LogP) is 3.95. The van der Waals surface area contributed by atoms with E-state index in [0.717, 1.165) is 11.8 Å².